The number of ether oxygens (including phenoxy) is 2. The van der Waals surface area contributed by atoms with Gasteiger partial charge in [0, 0.05) is 107 Å². The predicted octanol–water partition coefficient (Wildman–Crippen LogP) is 8.38. The molecule has 0 spiro atoms. The van der Waals surface area contributed by atoms with E-state index in [9.17, 15) is 63.0 Å². The minimum Gasteiger partial charge on any atom is -0.493 e. The first-order valence-corrected chi connectivity index (χ1v) is 34.5. The normalized spacial score (nSPS) is 16.5. The maximum atomic E-state index is 14.3. The lowest BCUT2D eigenvalue weighted by atomic mass is 9.88. The van der Waals surface area contributed by atoms with Crippen LogP contribution in [0, 0.1) is 18.8 Å². The first-order chi connectivity index (χ1) is 47.8. The number of hydrogen-bond donors (Lipinski definition) is 5. The Kier molecular flexibility index (Phi) is 23.0. The third-order valence-electron chi connectivity index (χ3n) is 18.5. The van der Waals surface area contributed by atoms with Crippen LogP contribution in [0.4, 0.5) is 16.3 Å². The highest BCUT2D eigenvalue weighted by molar-refractivity contribution is 8.00. The number of hydrogen-bond acceptors (Lipinski definition) is 17. The second-order valence-electron chi connectivity index (χ2n) is 26.0. The summed E-state index contributed by atoms with van der Waals surface area (Å²) in [7, 11) is 3.42. The van der Waals surface area contributed by atoms with Crippen LogP contribution in [0.2, 0.25) is 0 Å². The lowest BCUT2D eigenvalue weighted by molar-refractivity contribution is -0.139. The fourth-order valence-corrected chi connectivity index (χ4v) is 13.5. The number of Topliss-reactive ketones (excluding diaryl/α,β-unsaturated/α-hetero) is 3. The topological polar surface area (TPSA) is 334 Å². The number of carboxylic acid groups (broad SMARTS) is 1. The van der Waals surface area contributed by atoms with Crippen LogP contribution in [0.3, 0.4) is 0 Å². The number of rotatable bonds is 30. The number of likely N-dealkylation sites (tertiary alicyclic amines) is 1. The molecule has 26 heteroatoms. The van der Waals surface area contributed by atoms with Crippen LogP contribution in [0.15, 0.2) is 122 Å². The van der Waals surface area contributed by atoms with Gasteiger partial charge in [-0.15, -0.1) is 0 Å². The largest absolute Gasteiger partial charge is 0.493 e. The Morgan fingerprint density at radius 2 is 1.55 bits per heavy atom. The van der Waals surface area contributed by atoms with Crippen LogP contribution in [0.25, 0.3) is 22.0 Å². The molecule has 0 aliphatic carbocycles. The van der Waals surface area contributed by atoms with Crippen LogP contribution in [0.1, 0.15) is 136 Å². The molecule has 3 aliphatic rings. The Hall–Kier alpha value is -10.3. The molecule has 25 nitrogen and oxygen atoms in total. The second kappa shape index (κ2) is 31.7. The molecule has 10 rings (SSSR count). The third-order valence-corrected chi connectivity index (χ3v) is 19.4. The number of unbranched alkanes of at least 4 members (excludes halogenated alkanes) is 1. The SMILES string of the molecule is C=C1C[C@H]2[C@H](O)N(C(=O)OCc3ccc(CC(=O)[C@H](CCCCN)NC(=O)[C@@H](CC(=O)CCN4C(=O)CC(SC)C4=O)C(C)C)cc3)c3cc(OCCCC(=O)Nc4cn(C)c(C(=O)Cc5ccc(-c6cc(C(=O)n7ccc8cc(C(=O)O)ccc87)n(C)c6)cc5)n4)c(C)cc3C(=O)N2C1. The van der Waals surface area contributed by atoms with Crippen molar-refractivity contribution in [2.45, 2.75) is 122 Å². The van der Waals surface area contributed by atoms with Gasteiger partial charge in [0.15, 0.2) is 23.7 Å². The Morgan fingerprint density at radius 3 is 2.25 bits per heavy atom. The van der Waals surface area contributed by atoms with Crippen molar-refractivity contribution in [1.82, 2.24) is 33.8 Å². The van der Waals surface area contributed by atoms with Crippen molar-refractivity contribution in [3.63, 3.8) is 0 Å². The van der Waals surface area contributed by atoms with Crippen LogP contribution in [0.5, 0.6) is 5.75 Å². The third kappa shape index (κ3) is 16.5. The van der Waals surface area contributed by atoms with E-state index in [0.717, 1.165) is 20.9 Å². The van der Waals surface area contributed by atoms with E-state index in [4.69, 9.17) is 15.2 Å². The number of nitrogens with two attached hydrogens (primary N) is 1. The first-order valence-electron chi connectivity index (χ1n) is 33.2. The summed E-state index contributed by atoms with van der Waals surface area (Å²) in [4.78, 5) is 155. The molecule has 7 aromatic rings. The molecular formula is C74H82N10O15S. The van der Waals surface area contributed by atoms with Gasteiger partial charge in [-0.3, -0.25) is 52.6 Å². The van der Waals surface area contributed by atoms with Crippen LogP contribution < -0.4 is 26.0 Å². The van der Waals surface area contributed by atoms with Crippen LogP contribution in [-0.4, -0.2) is 160 Å². The Morgan fingerprint density at radius 1 is 0.830 bits per heavy atom. The molecule has 1 unspecified atom stereocenters. The van der Waals surface area contributed by atoms with Gasteiger partial charge in [0.25, 0.3) is 11.8 Å². The van der Waals surface area contributed by atoms with E-state index < -0.39 is 59.3 Å². The number of aliphatic hydroxyl groups is 1. The second-order valence-corrected chi connectivity index (χ2v) is 27.1. The van der Waals surface area contributed by atoms with Gasteiger partial charge in [-0.2, -0.15) is 11.8 Å². The fourth-order valence-electron chi connectivity index (χ4n) is 12.9. The Labute approximate surface area is 582 Å². The van der Waals surface area contributed by atoms with Gasteiger partial charge in [-0.05, 0) is 122 Å². The lowest BCUT2D eigenvalue weighted by Gasteiger charge is -2.31. The molecule has 6 amide bonds. The Balaban J connectivity index is 0.717. The Bertz CT molecular complexity index is 4360. The summed E-state index contributed by atoms with van der Waals surface area (Å²) in [6.07, 6.45) is 5.98. The van der Waals surface area contributed by atoms with E-state index >= 15 is 0 Å². The number of anilines is 2. The molecule has 6 heterocycles. The molecule has 0 saturated carbocycles. The number of carboxylic acids is 1. The monoisotopic (exact) mass is 1380 g/mol. The van der Waals surface area contributed by atoms with Crippen molar-refractivity contribution >= 4 is 99.0 Å². The minimum atomic E-state index is -1.56. The van der Waals surface area contributed by atoms with Crippen molar-refractivity contribution in [2.75, 3.05) is 42.7 Å². The predicted molar refractivity (Wildman–Crippen MR) is 374 cm³/mol. The van der Waals surface area contributed by atoms with Gasteiger partial charge in [0.1, 0.15) is 23.8 Å². The summed E-state index contributed by atoms with van der Waals surface area (Å²) >= 11 is 1.29. The summed E-state index contributed by atoms with van der Waals surface area (Å²) in [5.74, 6) is -4.57. The summed E-state index contributed by atoms with van der Waals surface area (Å²) in [5, 5.41) is 27.2. The number of imidazole rings is 1. The van der Waals surface area contributed by atoms with Crippen molar-refractivity contribution in [1.29, 1.82) is 0 Å². The molecule has 2 fully saturated rings. The van der Waals surface area contributed by atoms with E-state index in [2.05, 4.69) is 22.2 Å². The number of thioether (sulfide) groups is 1. The molecule has 5 atom stereocenters. The number of aromatic nitrogens is 4. The zero-order valence-electron chi connectivity index (χ0n) is 56.7. The molecule has 2 saturated heterocycles. The van der Waals surface area contributed by atoms with Gasteiger partial charge < -0.3 is 50.1 Å². The quantitative estimate of drug-likeness (QED) is 0.0122. The zero-order valence-corrected chi connectivity index (χ0v) is 57.5. The highest BCUT2D eigenvalue weighted by Crippen LogP contribution is 2.40. The molecule has 100 heavy (non-hydrogen) atoms. The highest BCUT2D eigenvalue weighted by Gasteiger charge is 2.46. The summed E-state index contributed by atoms with van der Waals surface area (Å²) in [6, 6.07) is 23.5. The maximum absolute atomic E-state index is 14.3. The number of ketones is 3. The van der Waals surface area contributed by atoms with Gasteiger partial charge in [-0.1, -0.05) is 74.5 Å². The molecule has 3 aliphatic heterocycles. The molecule has 524 valence electrons. The van der Waals surface area contributed by atoms with Gasteiger partial charge >= 0.3 is 12.1 Å². The van der Waals surface area contributed by atoms with Crippen molar-refractivity contribution in [3.8, 4) is 16.9 Å². The zero-order chi connectivity index (χ0) is 71.8. The number of imide groups is 1. The number of benzene rings is 4. The maximum Gasteiger partial charge on any atom is 0.416 e. The smallest absolute Gasteiger partial charge is 0.416 e. The number of carbonyl (C=O) groups excluding carboxylic acids is 10. The lowest BCUT2D eigenvalue weighted by Crippen LogP contribution is -2.50. The van der Waals surface area contributed by atoms with Gasteiger partial charge in [0.2, 0.25) is 29.4 Å². The number of aryl methyl sites for hydroxylation is 3. The van der Waals surface area contributed by atoms with Crippen molar-refractivity contribution in [3.05, 3.63) is 167 Å². The summed E-state index contributed by atoms with van der Waals surface area (Å²) in [5.41, 5.74) is 11.7. The molecule has 6 N–H and O–H groups in total. The number of aliphatic hydroxyl groups excluding tert-OH is 1. The first kappa shape index (κ1) is 72.4. The van der Waals surface area contributed by atoms with Crippen LogP contribution >= 0.6 is 11.8 Å². The molecule has 3 aromatic heterocycles. The minimum absolute atomic E-state index is 0.00585. The molecule has 4 aromatic carbocycles. The molecule has 0 radical (unpaired) electrons. The highest BCUT2D eigenvalue weighted by atomic mass is 32.2. The number of aromatic carboxylic acids is 1. The van der Waals surface area contributed by atoms with Crippen molar-refractivity contribution < 1.29 is 72.4 Å². The summed E-state index contributed by atoms with van der Waals surface area (Å²) < 4.78 is 16.8. The average molecular weight is 1380 g/mol. The van der Waals surface area contributed by atoms with Crippen molar-refractivity contribution in [2.24, 2.45) is 31.7 Å². The molecule has 0 bridgehead atoms. The number of carbonyl (C=O) groups is 11. The van der Waals surface area contributed by atoms with E-state index in [1.54, 1.807) is 92.8 Å². The van der Waals surface area contributed by atoms with Gasteiger partial charge in [-0.25, -0.2) is 19.5 Å². The number of amides is 6. The van der Waals surface area contributed by atoms with Crippen LogP contribution in [-0.2, 0) is 67.0 Å². The van der Waals surface area contributed by atoms with Gasteiger partial charge in [0.05, 0.1) is 46.3 Å². The van der Waals surface area contributed by atoms with E-state index in [0.29, 0.717) is 70.2 Å². The average Bonchev–Trinajstić information content (AvgIpc) is 1.58. The van der Waals surface area contributed by atoms with E-state index in [1.807, 2.05) is 44.3 Å². The summed E-state index contributed by atoms with van der Waals surface area (Å²) in [6.45, 7) is 9.67. The standard InChI is InChI=1S/C74H82N10O15S/c1-42(2)53(35-52(85)24-27-82-66(89)37-63(100-7)72(82)94)68(90)76-55(11-8-9-25-75)60(86)31-45-13-15-47(16-14-45)41-99-74(97)84-57-36-62(44(4)30-54(57)69(91)83-38-43(3)29-59(83)71(84)93)98-28-10-12-65(88)77-64-40-80(6)67(78-64)61(87)32-46-17-19-48(20-18-46)51-34-58(79(5)39-51)70(92)81-26-23-49-33-50(73(95)96)21-22-56(49)81/h13-23,26,30,33-34,36,39-40,42,53,55,59,63,71,93H,3,8-12,24-25,27-29,31-32,35,37-38,41,75H2,1-2,4-7H3,(H,76,90)(H,77,88)(H,95,96)/t53-,55-,59-,63?,71-/m0/s1. The fraction of sp³-hybridized carbons (Fsp3) is 0.378. The molecular weight excluding hydrogens is 1300 g/mol. The van der Waals surface area contributed by atoms with E-state index in [1.165, 1.54) is 44.0 Å². The number of nitrogens with one attached hydrogen (secondary N) is 2. The number of nitrogens with zero attached hydrogens (tertiary/aromatic N) is 7. The number of fused-ring (bicyclic) bond motifs is 3. The van der Waals surface area contributed by atoms with E-state index in [-0.39, 0.29) is 153 Å².